The predicted octanol–water partition coefficient (Wildman–Crippen LogP) is 3.65. The normalized spacial score (nSPS) is 11.0. The zero-order valence-electron chi connectivity index (χ0n) is 10.2. The van der Waals surface area contributed by atoms with E-state index in [0.717, 1.165) is 23.2 Å². The minimum Gasteiger partial charge on any atom is -0.398 e. The van der Waals surface area contributed by atoms with Crippen LogP contribution in [0.15, 0.2) is 22.7 Å². The number of hydrogen-bond donors (Lipinski definition) is 1. The van der Waals surface area contributed by atoms with Gasteiger partial charge in [-0.15, -0.1) is 0 Å². The Kier molecular flexibility index (Phi) is 5.85. The molecule has 0 aliphatic heterocycles. The molecule has 0 aromatic heterocycles. The molecule has 90 valence electrons. The fourth-order valence-corrected chi connectivity index (χ4v) is 2.08. The van der Waals surface area contributed by atoms with Crippen molar-refractivity contribution in [2.75, 3.05) is 18.8 Å². The molecule has 0 amide bonds. The first-order valence-electron chi connectivity index (χ1n) is 5.93. The second-order valence-corrected chi connectivity index (χ2v) is 4.93. The zero-order chi connectivity index (χ0) is 12.0. The predicted molar refractivity (Wildman–Crippen MR) is 74.4 cm³/mol. The molecule has 0 aliphatic rings. The summed E-state index contributed by atoms with van der Waals surface area (Å²) in [5.74, 6) is 0. The number of anilines is 1. The molecular weight excluding hydrogens is 264 g/mol. The van der Waals surface area contributed by atoms with Gasteiger partial charge in [0.15, 0.2) is 0 Å². The molecule has 16 heavy (non-hydrogen) atoms. The first-order valence-corrected chi connectivity index (χ1v) is 6.73. The second kappa shape index (κ2) is 6.92. The molecule has 0 spiro atoms. The highest BCUT2D eigenvalue weighted by atomic mass is 79.9. The van der Waals surface area contributed by atoms with Crippen molar-refractivity contribution in [3.05, 3.63) is 28.2 Å². The molecule has 3 heteroatoms. The van der Waals surface area contributed by atoms with E-state index < -0.39 is 0 Å². The van der Waals surface area contributed by atoms with Gasteiger partial charge in [0.25, 0.3) is 0 Å². The maximum atomic E-state index is 5.77. The molecule has 0 saturated carbocycles. The lowest BCUT2D eigenvalue weighted by Crippen LogP contribution is -2.23. The summed E-state index contributed by atoms with van der Waals surface area (Å²) in [6, 6.07) is 6.19. The van der Waals surface area contributed by atoms with Gasteiger partial charge in [-0.25, -0.2) is 0 Å². The molecular formula is C13H21BrN2. The summed E-state index contributed by atoms with van der Waals surface area (Å²) < 4.78 is 0.997. The molecule has 0 heterocycles. The lowest BCUT2D eigenvalue weighted by molar-refractivity contribution is 0.275. The van der Waals surface area contributed by atoms with E-state index >= 15 is 0 Å². The van der Waals surface area contributed by atoms with E-state index in [1.54, 1.807) is 0 Å². The molecule has 0 saturated heterocycles. The summed E-state index contributed by atoms with van der Waals surface area (Å²) >= 11 is 3.47. The van der Waals surface area contributed by atoms with Crippen LogP contribution in [0.4, 0.5) is 5.69 Å². The molecule has 0 aliphatic carbocycles. The lowest BCUT2D eigenvalue weighted by atomic mass is 10.2. The van der Waals surface area contributed by atoms with E-state index in [4.69, 9.17) is 5.73 Å². The average molecular weight is 285 g/mol. The van der Waals surface area contributed by atoms with Crippen molar-refractivity contribution >= 4 is 21.6 Å². The highest BCUT2D eigenvalue weighted by Gasteiger charge is 2.04. The molecule has 1 aromatic rings. The van der Waals surface area contributed by atoms with Crippen LogP contribution in [0.1, 0.15) is 32.3 Å². The highest BCUT2D eigenvalue weighted by molar-refractivity contribution is 9.10. The molecule has 0 fully saturated rings. The van der Waals surface area contributed by atoms with E-state index in [-0.39, 0.29) is 0 Å². The van der Waals surface area contributed by atoms with Crippen LogP contribution in [0.5, 0.6) is 0 Å². The maximum absolute atomic E-state index is 5.77. The minimum atomic E-state index is 0.806. The van der Waals surface area contributed by atoms with Crippen molar-refractivity contribution in [2.24, 2.45) is 0 Å². The topological polar surface area (TPSA) is 29.3 Å². The maximum Gasteiger partial charge on any atom is 0.0458 e. The number of nitrogens with zero attached hydrogens (tertiary/aromatic N) is 1. The monoisotopic (exact) mass is 284 g/mol. The molecule has 1 rings (SSSR count). The number of benzene rings is 1. The van der Waals surface area contributed by atoms with Crippen molar-refractivity contribution in [3.63, 3.8) is 0 Å². The molecule has 2 N–H and O–H groups in total. The Morgan fingerprint density at radius 3 is 2.62 bits per heavy atom. The molecule has 0 unspecified atom stereocenters. The fraction of sp³-hybridized carbons (Fsp3) is 0.538. The number of hydrogen-bond acceptors (Lipinski definition) is 2. The molecule has 0 atom stereocenters. The number of rotatable bonds is 6. The van der Waals surface area contributed by atoms with Crippen LogP contribution in [-0.2, 0) is 6.54 Å². The number of nitrogens with two attached hydrogens (primary N) is 1. The third-order valence-electron chi connectivity index (χ3n) is 2.75. The summed E-state index contributed by atoms with van der Waals surface area (Å²) in [4.78, 5) is 2.46. The van der Waals surface area contributed by atoms with Crippen molar-refractivity contribution in [1.29, 1.82) is 0 Å². The highest BCUT2D eigenvalue weighted by Crippen LogP contribution is 2.21. The second-order valence-electron chi connectivity index (χ2n) is 4.08. The molecule has 1 aromatic carbocycles. The van der Waals surface area contributed by atoms with Gasteiger partial charge in [-0.05, 0) is 53.1 Å². The third-order valence-corrected chi connectivity index (χ3v) is 3.43. The number of unbranched alkanes of at least 4 members (excludes halogenated alkanes) is 1. The third kappa shape index (κ3) is 4.14. The number of nitrogen functional groups attached to an aromatic ring is 1. The lowest BCUT2D eigenvalue weighted by Gasteiger charge is -2.20. The van der Waals surface area contributed by atoms with E-state index in [2.05, 4.69) is 46.8 Å². The molecule has 0 bridgehead atoms. The first kappa shape index (κ1) is 13.5. The Bertz CT molecular complexity index is 326. The zero-order valence-corrected chi connectivity index (χ0v) is 11.8. The van der Waals surface area contributed by atoms with E-state index in [9.17, 15) is 0 Å². The average Bonchev–Trinajstić information content (AvgIpc) is 2.29. The van der Waals surface area contributed by atoms with Crippen molar-refractivity contribution in [1.82, 2.24) is 4.90 Å². The van der Waals surface area contributed by atoms with Gasteiger partial charge >= 0.3 is 0 Å². The van der Waals surface area contributed by atoms with E-state index in [1.807, 2.05) is 6.07 Å². The fourth-order valence-electron chi connectivity index (χ4n) is 1.66. The van der Waals surface area contributed by atoms with Gasteiger partial charge in [0.05, 0.1) is 0 Å². The Morgan fingerprint density at radius 2 is 2.06 bits per heavy atom. The van der Waals surface area contributed by atoms with Gasteiger partial charge in [0, 0.05) is 16.7 Å². The van der Waals surface area contributed by atoms with Crippen LogP contribution >= 0.6 is 15.9 Å². The van der Waals surface area contributed by atoms with E-state index in [0.29, 0.717) is 0 Å². The van der Waals surface area contributed by atoms with Crippen LogP contribution in [0.25, 0.3) is 0 Å². The van der Waals surface area contributed by atoms with E-state index in [1.165, 1.54) is 24.9 Å². The SMILES string of the molecule is CCCCN(CC)Cc1ccc(N)c(Br)c1. The van der Waals surface area contributed by atoms with Gasteiger partial charge in [-0.2, -0.15) is 0 Å². The van der Waals surface area contributed by atoms with Gasteiger partial charge in [-0.3, -0.25) is 4.90 Å². The van der Waals surface area contributed by atoms with Crippen LogP contribution in [-0.4, -0.2) is 18.0 Å². The van der Waals surface area contributed by atoms with Gasteiger partial charge in [0.1, 0.15) is 0 Å². The first-order chi connectivity index (χ1) is 7.67. The van der Waals surface area contributed by atoms with Crippen LogP contribution < -0.4 is 5.73 Å². The summed E-state index contributed by atoms with van der Waals surface area (Å²) in [6.07, 6.45) is 2.52. The van der Waals surface area contributed by atoms with Crippen molar-refractivity contribution < 1.29 is 0 Å². The molecule has 0 radical (unpaired) electrons. The summed E-state index contributed by atoms with van der Waals surface area (Å²) in [6.45, 7) is 7.72. The summed E-state index contributed by atoms with van der Waals surface area (Å²) in [5, 5.41) is 0. The summed E-state index contributed by atoms with van der Waals surface area (Å²) in [5.41, 5.74) is 7.90. The van der Waals surface area contributed by atoms with Gasteiger partial charge < -0.3 is 5.73 Å². The van der Waals surface area contributed by atoms with Gasteiger partial charge in [0.2, 0.25) is 0 Å². The largest absolute Gasteiger partial charge is 0.398 e. The Hall–Kier alpha value is -0.540. The van der Waals surface area contributed by atoms with Crippen molar-refractivity contribution in [3.8, 4) is 0 Å². The minimum absolute atomic E-state index is 0.806. The van der Waals surface area contributed by atoms with Crippen LogP contribution in [0.2, 0.25) is 0 Å². The Balaban J connectivity index is 2.59. The number of halogens is 1. The van der Waals surface area contributed by atoms with Crippen molar-refractivity contribution in [2.45, 2.75) is 33.2 Å². The van der Waals surface area contributed by atoms with Crippen LogP contribution in [0, 0.1) is 0 Å². The Labute approximate surface area is 107 Å². The molecule has 2 nitrogen and oxygen atoms in total. The smallest absolute Gasteiger partial charge is 0.0458 e. The quantitative estimate of drug-likeness (QED) is 0.808. The Morgan fingerprint density at radius 1 is 1.31 bits per heavy atom. The van der Waals surface area contributed by atoms with Gasteiger partial charge in [-0.1, -0.05) is 26.3 Å². The standard InChI is InChI=1S/C13H21BrN2/c1-3-5-8-16(4-2)10-11-6-7-13(15)12(14)9-11/h6-7,9H,3-5,8,10,15H2,1-2H3. The summed E-state index contributed by atoms with van der Waals surface area (Å²) in [7, 11) is 0. The van der Waals surface area contributed by atoms with Crippen LogP contribution in [0.3, 0.4) is 0 Å².